The first-order valence-corrected chi connectivity index (χ1v) is 9.77. The lowest BCUT2D eigenvalue weighted by Gasteiger charge is -2.18. The first kappa shape index (κ1) is 23.2. The van der Waals surface area contributed by atoms with Crippen LogP contribution >= 0.6 is 11.6 Å². The van der Waals surface area contributed by atoms with Crippen LogP contribution in [0.4, 0.5) is 29.6 Å². The molecule has 2 amide bonds. The number of H-pyrrole nitrogens is 1. The van der Waals surface area contributed by atoms with E-state index in [4.69, 9.17) is 17.0 Å². The van der Waals surface area contributed by atoms with Gasteiger partial charge in [0.25, 0.3) is 0 Å². The molecule has 0 fully saturated rings. The quantitative estimate of drug-likeness (QED) is 0.136. The Morgan fingerprint density at radius 3 is 2.66 bits per heavy atom. The lowest BCUT2D eigenvalue weighted by molar-refractivity contribution is 0.242. The van der Waals surface area contributed by atoms with Crippen molar-refractivity contribution in [2.45, 2.75) is 6.92 Å². The smallest absolute Gasteiger partial charge is 0.314 e. The maximum Gasteiger partial charge on any atom is 0.314 e. The summed E-state index contributed by atoms with van der Waals surface area (Å²) < 4.78 is 41.8. The van der Waals surface area contributed by atoms with Gasteiger partial charge < -0.3 is 20.9 Å². The fourth-order valence-electron chi connectivity index (χ4n) is 2.81. The van der Waals surface area contributed by atoms with Gasteiger partial charge in [-0.3, -0.25) is 10.6 Å². The molecule has 1 aromatic heterocycles. The second-order valence-corrected chi connectivity index (χ2v) is 6.91. The molecule has 0 atom stereocenters. The van der Waals surface area contributed by atoms with E-state index in [1.54, 1.807) is 6.92 Å². The number of fused-ring (bicyclic) bond motifs is 1. The van der Waals surface area contributed by atoms with Crippen LogP contribution in [-0.2, 0) is 0 Å². The zero-order valence-electron chi connectivity index (χ0n) is 16.7. The molecule has 0 aliphatic carbocycles. The highest BCUT2D eigenvalue weighted by Gasteiger charge is 2.22. The van der Waals surface area contributed by atoms with Crippen molar-refractivity contribution < 1.29 is 23.2 Å². The number of hydroxylamine groups is 1. The van der Waals surface area contributed by atoms with Crippen LogP contribution in [0.3, 0.4) is 0 Å². The highest BCUT2D eigenvalue weighted by molar-refractivity contribution is 6.31. The van der Waals surface area contributed by atoms with Crippen LogP contribution in [0.2, 0.25) is 5.02 Å². The molecule has 13 heteroatoms. The number of aromatic nitrogens is 2. The van der Waals surface area contributed by atoms with Gasteiger partial charge in [0.15, 0.2) is 17.5 Å². The summed E-state index contributed by atoms with van der Waals surface area (Å²) in [6.45, 7) is 2.67. The zero-order valence-corrected chi connectivity index (χ0v) is 17.4. The summed E-state index contributed by atoms with van der Waals surface area (Å²) in [4.78, 5) is 18.1. The van der Waals surface area contributed by atoms with Gasteiger partial charge >= 0.3 is 6.03 Å². The van der Waals surface area contributed by atoms with E-state index < -0.39 is 28.8 Å². The molecule has 0 spiro atoms. The number of anilines is 2. The number of carbonyl (C=O) groups excluding carboxylic acids is 1. The number of urea groups is 1. The minimum atomic E-state index is -1.28. The summed E-state index contributed by atoms with van der Waals surface area (Å²) in [6.07, 6.45) is 0. The Bertz CT molecular complexity index is 1170. The Labute approximate surface area is 185 Å². The first-order valence-electron chi connectivity index (χ1n) is 9.39. The number of nitrogens with zero attached hydrogens (tertiary/aromatic N) is 2. The van der Waals surface area contributed by atoms with Gasteiger partial charge in [-0.15, -0.1) is 0 Å². The van der Waals surface area contributed by atoms with Gasteiger partial charge in [0.05, 0.1) is 16.2 Å². The highest BCUT2D eigenvalue weighted by atomic mass is 35.5. The van der Waals surface area contributed by atoms with E-state index in [2.05, 4.69) is 25.9 Å². The van der Waals surface area contributed by atoms with E-state index in [-0.39, 0.29) is 46.9 Å². The Kier molecular flexibility index (Phi) is 7.05. The molecule has 170 valence electrons. The molecule has 0 bridgehead atoms. The molecule has 6 N–H and O–H groups in total. The van der Waals surface area contributed by atoms with Crippen LogP contribution in [-0.4, -0.2) is 46.7 Å². The van der Waals surface area contributed by atoms with E-state index in [9.17, 15) is 23.2 Å². The number of amides is 2. The molecule has 0 unspecified atom stereocenters. The number of carbonyl (C=O) groups is 1. The Morgan fingerprint density at radius 2 is 1.97 bits per heavy atom. The summed E-state index contributed by atoms with van der Waals surface area (Å²) in [5.41, 5.74) is -0.716. The fraction of sp³-hybridized carbons (Fsp3) is 0.211. The number of halogens is 4. The van der Waals surface area contributed by atoms with Gasteiger partial charge in [-0.1, -0.05) is 11.6 Å². The minimum absolute atomic E-state index is 0.0552. The summed E-state index contributed by atoms with van der Waals surface area (Å²) in [6, 6.07) is 3.60. The van der Waals surface area contributed by atoms with Crippen LogP contribution < -0.4 is 21.0 Å². The van der Waals surface area contributed by atoms with Crippen molar-refractivity contribution in [2.75, 3.05) is 30.0 Å². The number of amidine groups is 1. The topological polar surface area (TPSA) is 129 Å². The molecular weight excluding hydrogens is 451 g/mol. The SMILES string of the molecule is CCNC(=O)NCCNc1nc2c(F)c(F)cc(C(=N)N(O)c3ccc(F)c(Cl)c3)c2[nH]1. The van der Waals surface area contributed by atoms with Crippen molar-refractivity contribution in [1.82, 2.24) is 20.6 Å². The molecule has 9 nitrogen and oxygen atoms in total. The van der Waals surface area contributed by atoms with E-state index in [1.165, 1.54) is 0 Å². The predicted molar refractivity (Wildman–Crippen MR) is 114 cm³/mol. The lowest BCUT2D eigenvalue weighted by Crippen LogP contribution is -2.37. The van der Waals surface area contributed by atoms with Crippen LogP contribution in [0.25, 0.3) is 11.0 Å². The third-order valence-electron chi connectivity index (χ3n) is 4.32. The van der Waals surface area contributed by atoms with Crippen molar-refractivity contribution in [1.29, 1.82) is 5.41 Å². The number of benzene rings is 2. The number of rotatable bonds is 7. The van der Waals surface area contributed by atoms with Crippen molar-refractivity contribution in [2.24, 2.45) is 0 Å². The van der Waals surface area contributed by atoms with Crippen molar-refractivity contribution in [3.05, 3.63) is 52.3 Å². The molecule has 3 rings (SSSR count). The van der Waals surface area contributed by atoms with Gasteiger partial charge in [-0.25, -0.2) is 28.0 Å². The maximum absolute atomic E-state index is 14.3. The molecule has 0 radical (unpaired) electrons. The van der Waals surface area contributed by atoms with Crippen LogP contribution in [0.15, 0.2) is 24.3 Å². The Balaban J connectivity index is 1.85. The largest absolute Gasteiger partial charge is 0.354 e. The normalized spacial score (nSPS) is 10.8. The van der Waals surface area contributed by atoms with E-state index in [1.807, 2.05) is 0 Å². The van der Waals surface area contributed by atoms with Crippen LogP contribution in [0, 0.1) is 22.9 Å². The second kappa shape index (κ2) is 9.75. The predicted octanol–water partition coefficient (Wildman–Crippen LogP) is 3.59. The lowest BCUT2D eigenvalue weighted by atomic mass is 10.1. The monoisotopic (exact) mass is 469 g/mol. The number of aromatic amines is 1. The van der Waals surface area contributed by atoms with Crippen molar-refractivity contribution in [3.63, 3.8) is 0 Å². The average Bonchev–Trinajstić information content (AvgIpc) is 3.19. The molecule has 32 heavy (non-hydrogen) atoms. The summed E-state index contributed by atoms with van der Waals surface area (Å²) >= 11 is 5.70. The molecule has 0 aliphatic heterocycles. The first-order chi connectivity index (χ1) is 15.2. The maximum atomic E-state index is 14.3. The number of hydrogen-bond donors (Lipinski definition) is 6. The van der Waals surface area contributed by atoms with Gasteiger partial charge in [-0.2, -0.15) is 0 Å². The summed E-state index contributed by atoms with van der Waals surface area (Å²) in [5, 5.41) is 26.6. The number of nitrogens with one attached hydrogen (secondary N) is 5. The molecule has 0 saturated carbocycles. The van der Waals surface area contributed by atoms with E-state index in [0.29, 0.717) is 11.6 Å². The molecule has 0 saturated heterocycles. The molecule has 0 aliphatic rings. The third-order valence-corrected chi connectivity index (χ3v) is 4.61. The molecule has 1 heterocycles. The van der Waals surface area contributed by atoms with Crippen molar-refractivity contribution >= 4 is 46.1 Å². The summed E-state index contributed by atoms with van der Waals surface area (Å²) in [7, 11) is 0. The Morgan fingerprint density at radius 1 is 1.22 bits per heavy atom. The standard InChI is InChI=1S/C19H19ClF3N7O2/c1-2-25-19(31)27-6-5-26-18-28-15-10(8-13(22)14(23)16(15)29-18)17(24)30(32)9-3-4-12(21)11(20)7-9/h3-4,7-8,24,32H,2,5-6H2,1H3,(H2,25,27,31)(H2,26,28,29). The third kappa shape index (κ3) is 4.86. The average molecular weight is 470 g/mol. The molecular formula is C19H19ClF3N7O2. The fourth-order valence-corrected chi connectivity index (χ4v) is 2.99. The van der Waals surface area contributed by atoms with E-state index >= 15 is 0 Å². The summed E-state index contributed by atoms with van der Waals surface area (Å²) in [5.74, 6) is -3.82. The van der Waals surface area contributed by atoms with Gasteiger partial charge in [-0.05, 0) is 31.2 Å². The molecule has 2 aromatic carbocycles. The number of hydrogen-bond acceptors (Lipinski definition) is 5. The van der Waals surface area contributed by atoms with Gasteiger partial charge in [0.1, 0.15) is 11.3 Å². The Hall–Kier alpha value is -3.51. The van der Waals surface area contributed by atoms with Crippen LogP contribution in [0.1, 0.15) is 12.5 Å². The minimum Gasteiger partial charge on any atom is -0.354 e. The van der Waals surface area contributed by atoms with E-state index in [0.717, 1.165) is 24.3 Å². The van der Waals surface area contributed by atoms with Gasteiger partial charge in [0, 0.05) is 25.2 Å². The zero-order chi connectivity index (χ0) is 23.4. The van der Waals surface area contributed by atoms with Crippen LogP contribution in [0.5, 0.6) is 0 Å². The van der Waals surface area contributed by atoms with Crippen molar-refractivity contribution in [3.8, 4) is 0 Å². The second-order valence-electron chi connectivity index (χ2n) is 6.50. The highest BCUT2D eigenvalue weighted by Crippen LogP contribution is 2.28. The molecule has 3 aromatic rings. The van der Waals surface area contributed by atoms with Gasteiger partial charge in [0.2, 0.25) is 5.95 Å². The number of imidazole rings is 1.